The summed E-state index contributed by atoms with van der Waals surface area (Å²) in [4.78, 5) is 11.2. The minimum Gasteiger partial charge on any atom is -0.496 e. The van der Waals surface area contributed by atoms with Crippen LogP contribution in [0.4, 0.5) is 0 Å². The topological polar surface area (TPSA) is 97.0 Å². The monoisotopic (exact) mass is 339 g/mol. The van der Waals surface area contributed by atoms with E-state index >= 15 is 0 Å². The average molecular weight is 339 g/mol. The van der Waals surface area contributed by atoms with Crippen LogP contribution < -0.4 is 4.74 Å². The van der Waals surface area contributed by atoms with E-state index in [0.717, 1.165) is 6.07 Å². The smallest absolute Gasteiger partial charge is 0.339 e. The fraction of sp³-hybridized carbons (Fsp3) is 0.267. The minimum absolute atomic E-state index is 0.0963. The maximum Gasteiger partial charge on any atom is 0.339 e. The van der Waals surface area contributed by atoms with E-state index in [1.54, 1.807) is 13.0 Å². The zero-order valence-corrected chi connectivity index (χ0v) is 13.5. The van der Waals surface area contributed by atoms with E-state index in [4.69, 9.17) is 9.15 Å². The average Bonchev–Trinajstić information content (AvgIpc) is 3.04. The van der Waals surface area contributed by atoms with Crippen LogP contribution in [-0.2, 0) is 16.6 Å². The molecule has 2 rings (SSSR count). The number of hydrogen-bond donors (Lipinski definition) is 1. The molecule has 0 bridgehead atoms. The van der Waals surface area contributed by atoms with E-state index in [-0.39, 0.29) is 29.3 Å². The molecule has 0 saturated carbocycles. The fourth-order valence-corrected chi connectivity index (χ4v) is 3.58. The molecule has 0 spiro atoms. The molecule has 1 aromatic carbocycles. The third kappa shape index (κ3) is 3.54. The molecular formula is C15H17NO6S. The molecule has 1 aromatic heterocycles. The van der Waals surface area contributed by atoms with Gasteiger partial charge in [-0.05, 0) is 24.3 Å². The lowest BCUT2D eigenvalue weighted by molar-refractivity contribution is 0.0693. The van der Waals surface area contributed by atoms with Gasteiger partial charge in [0.05, 0.1) is 24.5 Å². The summed E-state index contributed by atoms with van der Waals surface area (Å²) in [6.07, 6.45) is 2.93. The Kier molecular flexibility index (Phi) is 5.07. The maximum atomic E-state index is 12.7. The Morgan fingerprint density at radius 1 is 1.35 bits per heavy atom. The molecule has 2 aromatic rings. The molecule has 0 aliphatic rings. The molecular weight excluding hydrogens is 322 g/mol. The van der Waals surface area contributed by atoms with Crippen LogP contribution in [0.3, 0.4) is 0 Å². The summed E-state index contributed by atoms with van der Waals surface area (Å²) >= 11 is 0. The molecule has 0 amide bonds. The first-order valence-corrected chi connectivity index (χ1v) is 8.26. The van der Waals surface area contributed by atoms with E-state index in [9.17, 15) is 18.3 Å². The highest BCUT2D eigenvalue weighted by molar-refractivity contribution is 7.89. The van der Waals surface area contributed by atoms with Gasteiger partial charge in [-0.2, -0.15) is 4.31 Å². The van der Waals surface area contributed by atoms with Crippen LogP contribution in [0.2, 0.25) is 0 Å². The lowest BCUT2D eigenvalue weighted by atomic mass is 10.2. The lowest BCUT2D eigenvalue weighted by Gasteiger charge is -2.20. The maximum absolute atomic E-state index is 12.7. The van der Waals surface area contributed by atoms with Crippen molar-refractivity contribution in [3.8, 4) is 5.75 Å². The summed E-state index contributed by atoms with van der Waals surface area (Å²) in [6.45, 7) is 2.09. The number of ether oxygens (including phenoxy) is 1. The van der Waals surface area contributed by atoms with Gasteiger partial charge in [-0.25, -0.2) is 13.2 Å². The molecule has 0 fully saturated rings. The third-order valence-corrected chi connectivity index (χ3v) is 5.25. The molecule has 8 heteroatoms. The van der Waals surface area contributed by atoms with Crippen LogP contribution >= 0.6 is 0 Å². The van der Waals surface area contributed by atoms with Gasteiger partial charge in [0, 0.05) is 18.7 Å². The summed E-state index contributed by atoms with van der Waals surface area (Å²) in [6, 6.07) is 5.45. The van der Waals surface area contributed by atoms with E-state index in [1.807, 2.05) is 0 Å². The molecule has 0 atom stereocenters. The summed E-state index contributed by atoms with van der Waals surface area (Å²) < 4.78 is 36.6. The summed E-state index contributed by atoms with van der Waals surface area (Å²) in [7, 11) is -2.51. The van der Waals surface area contributed by atoms with Gasteiger partial charge in [-0.1, -0.05) is 6.92 Å². The zero-order chi connectivity index (χ0) is 17.0. The van der Waals surface area contributed by atoms with Crippen molar-refractivity contribution < 1.29 is 27.5 Å². The van der Waals surface area contributed by atoms with Crippen molar-refractivity contribution in [2.24, 2.45) is 0 Å². The normalized spacial score (nSPS) is 11.6. The van der Waals surface area contributed by atoms with Crippen molar-refractivity contribution in [1.29, 1.82) is 0 Å². The van der Waals surface area contributed by atoms with Gasteiger partial charge in [0.1, 0.15) is 11.3 Å². The molecule has 1 N–H and O–H groups in total. The van der Waals surface area contributed by atoms with Crippen LogP contribution in [0, 0.1) is 0 Å². The second-order valence-corrected chi connectivity index (χ2v) is 6.67. The zero-order valence-electron chi connectivity index (χ0n) is 12.7. The number of aromatic carboxylic acids is 1. The van der Waals surface area contributed by atoms with Crippen LogP contribution in [0.15, 0.2) is 46.1 Å². The first-order chi connectivity index (χ1) is 10.9. The molecule has 7 nitrogen and oxygen atoms in total. The van der Waals surface area contributed by atoms with Crippen molar-refractivity contribution in [2.75, 3.05) is 13.7 Å². The Bertz CT molecular complexity index is 782. The number of furan rings is 1. The number of methoxy groups -OCH3 is 1. The third-order valence-electron chi connectivity index (χ3n) is 3.33. The molecule has 23 heavy (non-hydrogen) atoms. The van der Waals surface area contributed by atoms with Crippen molar-refractivity contribution in [2.45, 2.75) is 18.4 Å². The second kappa shape index (κ2) is 6.84. The van der Waals surface area contributed by atoms with Crippen molar-refractivity contribution >= 4 is 16.0 Å². The Morgan fingerprint density at radius 3 is 2.61 bits per heavy atom. The van der Waals surface area contributed by atoms with Gasteiger partial charge < -0.3 is 14.3 Å². The second-order valence-electron chi connectivity index (χ2n) is 4.73. The summed E-state index contributed by atoms with van der Waals surface area (Å²) in [5.74, 6) is -1.15. The number of carbonyl (C=O) groups is 1. The van der Waals surface area contributed by atoms with E-state index in [2.05, 4.69) is 0 Å². The Balaban J connectivity index is 2.41. The van der Waals surface area contributed by atoms with Crippen molar-refractivity contribution in [3.63, 3.8) is 0 Å². The van der Waals surface area contributed by atoms with Crippen LogP contribution in [0.5, 0.6) is 5.75 Å². The van der Waals surface area contributed by atoms with Gasteiger partial charge in [0.25, 0.3) is 0 Å². The molecule has 0 aliphatic carbocycles. The van der Waals surface area contributed by atoms with Crippen LogP contribution in [-0.4, -0.2) is 37.5 Å². The number of carboxylic acids is 1. The van der Waals surface area contributed by atoms with E-state index < -0.39 is 16.0 Å². The number of benzene rings is 1. The molecule has 124 valence electrons. The Morgan fingerprint density at radius 2 is 2.09 bits per heavy atom. The standard InChI is InChI=1S/C15H17NO6S/c1-3-16(9-11-6-7-22-10-11)23(19,20)12-4-5-14(21-2)13(8-12)15(17)18/h4-8,10H,3,9H2,1-2H3,(H,17,18). The van der Waals surface area contributed by atoms with Crippen LogP contribution in [0.1, 0.15) is 22.8 Å². The van der Waals surface area contributed by atoms with Gasteiger partial charge >= 0.3 is 5.97 Å². The van der Waals surface area contributed by atoms with Crippen molar-refractivity contribution in [3.05, 3.63) is 47.9 Å². The van der Waals surface area contributed by atoms with Gasteiger partial charge in [0.2, 0.25) is 10.0 Å². The van der Waals surface area contributed by atoms with Crippen LogP contribution in [0.25, 0.3) is 0 Å². The van der Waals surface area contributed by atoms with E-state index in [0.29, 0.717) is 5.56 Å². The Hall–Kier alpha value is -2.32. The number of hydrogen-bond acceptors (Lipinski definition) is 5. The minimum atomic E-state index is -3.84. The quantitative estimate of drug-likeness (QED) is 0.830. The largest absolute Gasteiger partial charge is 0.496 e. The first kappa shape index (κ1) is 17.0. The summed E-state index contributed by atoms with van der Waals surface area (Å²) in [5, 5.41) is 9.19. The lowest BCUT2D eigenvalue weighted by Crippen LogP contribution is -2.30. The molecule has 0 aliphatic heterocycles. The molecule has 0 unspecified atom stereocenters. The number of carboxylic acid groups (broad SMARTS) is 1. The van der Waals surface area contributed by atoms with Crippen molar-refractivity contribution in [1.82, 2.24) is 4.31 Å². The highest BCUT2D eigenvalue weighted by Gasteiger charge is 2.25. The van der Waals surface area contributed by atoms with Gasteiger partial charge in [0.15, 0.2) is 0 Å². The Labute approximate surface area is 134 Å². The fourth-order valence-electron chi connectivity index (χ4n) is 2.12. The molecule has 1 heterocycles. The molecule has 0 radical (unpaired) electrons. The predicted octanol–water partition coefficient (Wildman–Crippen LogP) is 2.20. The van der Waals surface area contributed by atoms with E-state index in [1.165, 1.54) is 36.1 Å². The first-order valence-electron chi connectivity index (χ1n) is 6.82. The SMILES string of the molecule is CCN(Cc1ccoc1)S(=O)(=O)c1ccc(OC)c(C(=O)O)c1. The van der Waals surface area contributed by atoms with Gasteiger partial charge in [-0.3, -0.25) is 0 Å². The number of sulfonamides is 1. The highest BCUT2D eigenvalue weighted by Crippen LogP contribution is 2.25. The number of rotatable bonds is 7. The number of nitrogens with zero attached hydrogens (tertiary/aromatic N) is 1. The predicted molar refractivity (Wildman–Crippen MR) is 81.9 cm³/mol. The summed E-state index contributed by atoms with van der Waals surface area (Å²) in [5.41, 5.74) is 0.510. The van der Waals surface area contributed by atoms with Gasteiger partial charge in [-0.15, -0.1) is 0 Å². The molecule has 0 saturated heterocycles. The highest BCUT2D eigenvalue weighted by atomic mass is 32.2.